The van der Waals surface area contributed by atoms with Gasteiger partial charge in [-0.2, -0.15) is 5.10 Å². The third-order valence-electron chi connectivity index (χ3n) is 3.16. The minimum Gasteiger partial charge on any atom is -0.276 e. The van der Waals surface area contributed by atoms with Gasteiger partial charge in [0.05, 0.1) is 22.8 Å². The van der Waals surface area contributed by atoms with Crippen molar-refractivity contribution in [3.05, 3.63) is 64.3 Å². The van der Waals surface area contributed by atoms with Gasteiger partial charge in [0, 0.05) is 6.20 Å². The molecule has 2 heterocycles. The van der Waals surface area contributed by atoms with Gasteiger partial charge in [-0.1, -0.05) is 41.4 Å². The second kappa shape index (κ2) is 6.35. The van der Waals surface area contributed by atoms with Gasteiger partial charge >= 0.3 is 0 Å². The average molecular weight is 368 g/mol. The van der Waals surface area contributed by atoms with Crippen LogP contribution in [0.3, 0.4) is 0 Å². The predicted octanol–water partition coefficient (Wildman–Crippen LogP) is 3.76. The second-order valence-corrected chi connectivity index (χ2v) is 8.70. The molecule has 0 radical (unpaired) electrons. The van der Waals surface area contributed by atoms with Gasteiger partial charge in [0.15, 0.2) is 0 Å². The fourth-order valence-electron chi connectivity index (χ4n) is 2.03. The Kier molecular flexibility index (Phi) is 4.43. The zero-order valence-electron chi connectivity index (χ0n) is 12.2. The molecule has 0 saturated heterocycles. The SMILES string of the molecule is Cc1ccc(Cn2cc(NS(=O)(=O)c3ccc(Cl)s3)cn2)cc1. The molecule has 120 valence electrons. The number of benzene rings is 1. The fraction of sp³-hybridized carbons (Fsp3) is 0.133. The zero-order chi connectivity index (χ0) is 16.4. The van der Waals surface area contributed by atoms with Crippen molar-refractivity contribution in [1.29, 1.82) is 0 Å². The molecular formula is C15H14ClN3O2S2. The molecule has 1 N–H and O–H groups in total. The van der Waals surface area contributed by atoms with Gasteiger partial charge in [-0.05, 0) is 24.6 Å². The smallest absolute Gasteiger partial charge is 0.271 e. The number of aromatic nitrogens is 2. The van der Waals surface area contributed by atoms with Crippen LogP contribution < -0.4 is 4.72 Å². The molecule has 5 nitrogen and oxygen atoms in total. The summed E-state index contributed by atoms with van der Waals surface area (Å²) < 4.78 is 29.2. The molecule has 8 heteroatoms. The molecule has 0 unspecified atom stereocenters. The summed E-state index contributed by atoms with van der Waals surface area (Å²) in [5, 5.41) is 4.18. The van der Waals surface area contributed by atoms with E-state index in [1.54, 1.807) is 16.9 Å². The summed E-state index contributed by atoms with van der Waals surface area (Å²) in [6.45, 7) is 2.61. The molecule has 1 aromatic carbocycles. The highest BCUT2D eigenvalue weighted by Gasteiger charge is 2.17. The first-order chi connectivity index (χ1) is 10.9. The molecule has 0 aliphatic rings. The molecule has 0 aliphatic carbocycles. The summed E-state index contributed by atoms with van der Waals surface area (Å²) >= 11 is 6.80. The summed E-state index contributed by atoms with van der Waals surface area (Å²) in [6, 6.07) is 11.1. The number of thiophene rings is 1. The molecule has 0 amide bonds. The van der Waals surface area contributed by atoms with Crippen LogP contribution >= 0.6 is 22.9 Å². The van der Waals surface area contributed by atoms with E-state index in [0.29, 0.717) is 16.6 Å². The number of sulfonamides is 1. The Balaban J connectivity index is 1.73. The topological polar surface area (TPSA) is 64.0 Å². The van der Waals surface area contributed by atoms with Crippen molar-refractivity contribution >= 4 is 38.6 Å². The van der Waals surface area contributed by atoms with Crippen molar-refractivity contribution in [2.75, 3.05) is 4.72 Å². The zero-order valence-corrected chi connectivity index (χ0v) is 14.6. The van der Waals surface area contributed by atoms with E-state index in [9.17, 15) is 8.42 Å². The second-order valence-electron chi connectivity index (χ2n) is 5.08. The highest BCUT2D eigenvalue weighted by atomic mass is 35.5. The summed E-state index contributed by atoms with van der Waals surface area (Å²) in [7, 11) is -3.63. The molecule has 0 fully saturated rings. The van der Waals surface area contributed by atoms with Crippen LogP contribution in [0.25, 0.3) is 0 Å². The molecular weight excluding hydrogens is 354 g/mol. The number of anilines is 1. The Bertz CT molecular complexity index is 914. The van der Waals surface area contributed by atoms with E-state index >= 15 is 0 Å². The quantitative estimate of drug-likeness (QED) is 0.746. The third-order valence-corrected chi connectivity index (χ3v) is 6.27. The minimum absolute atomic E-state index is 0.175. The summed E-state index contributed by atoms with van der Waals surface area (Å²) in [4.78, 5) is 0. The van der Waals surface area contributed by atoms with Crippen molar-refractivity contribution in [2.45, 2.75) is 17.7 Å². The maximum absolute atomic E-state index is 12.2. The summed E-state index contributed by atoms with van der Waals surface area (Å²) in [5.74, 6) is 0. The number of nitrogens with one attached hydrogen (secondary N) is 1. The molecule has 0 atom stereocenters. The van der Waals surface area contributed by atoms with E-state index in [1.807, 2.05) is 31.2 Å². The molecule has 3 aromatic rings. The van der Waals surface area contributed by atoms with Crippen LogP contribution in [0.15, 0.2) is 53.0 Å². The molecule has 2 aromatic heterocycles. The Morgan fingerprint density at radius 2 is 1.96 bits per heavy atom. The Morgan fingerprint density at radius 3 is 2.61 bits per heavy atom. The van der Waals surface area contributed by atoms with E-state index in [0.717, 1.165) is 16.9 Å². The van der Waals surface area contributed by atoms with Gasteiger partial charge in [0.2, 0.25) is 0 Å². The number of aryl methyl sites for hydroxylation is 1. The van der Waals surface area contributed by atoms with Gasteiger partial charge in [-0.15, -0.1) is 11.3 Å². The number of hydrogen-bond acceptors (Lipinski definition) is 4. The van der Waals surface area contributed by atoms with Crippen molar-refractivity contribution in [1.82, 2.24) is 9.78 Å². The number of halogens is 1. The maximum Gasteiger partial charge on any atom is 0.271 e. The van der Waals surface area contributed by atoms with Crippen LogP contribution in [-0.2, 0) is 16.6 Å². The average Bonchev–Trinajstić information content (AvgIpc) is 3.11. The standard InChI is InChI=1S/C15H14ClN3O2S2/c1-11-2-4-12(5-3-11)9-19-10-13(8-17-19)18-23(20,21)15-7-6-14(16)22-15/h2-8,10,18H,9H2,1H3. The molecule has 0 aliphatic heterocycles. The lowest BCUT2D eigenvalue weighted by Crippen LogP contribution is -2.10. The predicted molar refractivity (Wildman–Crippen MR) is 92.6 cm³/mol. The molecule has 23 heavy (non-hydrogen) atoms. The normalized spacial score (nSPS) is 11.6. The van der Waals surface area contributed by atoms with E-state index in [4.69, 9.17) is 11.6 Å². The van der Waals surface area contributed by atoms with Crippen LogP contribution in [-0.4, -0.2) is 18.2 Å². The van der Waals surface area contributed by atoms with E-state index < -0.39 is 10.0 Å². The third kappa shape index (κ3) is 3.93. The first-order valence-corrected chi connectivity index (χ1v) is 9.46. The first-order valence-electron chi connectivity index (χ1n) is 6.78. The Labute approximate surface area is 143 Å². The van der Waals surface area contributed by atoms with E-state index in [1.165, 1.54) is 17.8 Å². The van der Waals surface area contributed by atoms with Crippen LogP contribution in [0.4, 0.5) is 5.69 Å². The van der Waals surface area contributed by atoms with Gasteiger partial charge in [-0.25, -0.2) is 8.42 Å². The van der Waals surface area contributed by atoms with Gasteiger partial charge in [0.1, 0.15) is 4.21 Å². The van der Waals surface area contributed by atoms with Crippen molar-refractivity contribution in [3.63, 3.8) is 0 Å². The van der Waals surface area contributed by atoms with Gasteiger partial charge in [-0.3, -0.25) is 9.40 Å². The molecule has 0 spiro atoms. The largest absolute Gasteiger partial charge is 0.276 e. The van der Waals surface area contributed by atoms with Crippen molar-refractivity contribution in [3.8, 4) is 0 Å². The van der Waals surface area contributed by atoms with Crippen LogP contribution in [0.5, 0.6) is 0 Å². The number of hydrogen-bond donors (Lipinski definition) is 1. The van der Waals surface area contributed by atoms with Crippen molar-refractivity contribution < 1.29 is 8.42 Å². The van der Waals surface area contributed by atoms with E-state index in [2.05, 4.69) is 9.82 Å². The molecule has 0 bridgehead atoms. The molecule has 0 saturated carbocycles. The monoisotopic (exact) mass is 367 g/mol. The van der Waals surface area contributed by atoms with Gasteiger partial charge < -0.3 is 0 Å². The lowest BCUT2D eigenvalue weighted by molar-refractivity contribution is 0.603. The van der Waals surface area contributed by atoms with Crippen LogP contribution in [0, 0.1) is 6.92 Å². The highest BCUT2D eigenvalue weighted by molar-refractivity contribution is 7.94. The summed E-state index contributed by atoms with van der Waals surface area (Å²) in [5.41, 5.74) is 2.71. The van der Waals surface area contributed by atoms with Crippen molar-refractivity contribution in [2.24, 2.45) is 0 Å². The van der Waals surface area contributed by atoms with Gasteiger partial charge in [0.25, 0.3) is 10.0 Å². The van der Waals surface area contributed by atoms with E-state index in [-0.39, 0.29) is 4.21 Å². The Morgan fingerprint density at radius 1 is 1.22 bits per heavy atom. The minimum atomic E-state index is -3.63. The fourth-order valence-corrected chi connectivity index (χ4v) is 4.54. The Hall–Kier alpha value is -1.83. The maximum atomic E-state index is 12.2. The summed E-state index contributed by atoms with van der Waals surface area (Å²) in [6.07, 6.45) is 3.15. The first kappa shape index (κ1) is 16.0. The highest BCUT2D eigenvalue weighted by Crippen LogP contribution is 2.27. The number of rotatable bonds is 5. The lowest BCUT2D eigenvalue weighted by atomic mass is 10.1. The molecule has 3 rings (SSSR count). The van der Waals surface area contributed by atoms with Crippen LogP contribution in [0.1, 0.15) is 11.1 Å². The number of nitrogens with zero attached hydrogens (tertiary/aromatic N) is 2. The van der Waals surface area contributed by atoms with Crippen LogP contribution in [0.2, 0.25) is 4.34 Å². The lowest BCUT2D eigenvalue weighted by Gasteiger charge is -2.03.